The Hall–Kier alpha value is -4.31. The summed E-state index contributed by atoms with van der Waals surface area (Å²) in [5.41, 5.74) is 7.78. The number of rotatable bonds is 7. The second-order valence-corrected chi connectivity index (χ2v) is 9.45. The zero-order chi connectivity index (χ0) is 26.2. The number of halogens is 3. The van der Waals surface area contributed by atoms with Gasteiger partial charge in [0.2, 0.25) is 0 Å². The fraction of sp³-hybridized carbons (Fsp3) is 0.174. The number of pyridine rings is 1. The third-order valence-corrected chi connectivity index (χ3v) is 6.37. The van der Waals surface area contributed by atoms with Crippen molar-refractivity contribution in [3.05, 3.63) is 65.6 Å². The van der Waals surface area contributed by atoms with Crippen molar-refractivity contribution in [1.29, 1.82) is 5.26 Å². The molecule has 4 aromatic rings. The monoisotopic (exact) mass is 516 g/mol. The van der Waals surface area contributed by atoms with Crippen LogP contribution in [-0.2, 0) is 17.1 Å². The predicted molar refractivity (Wildman–Crippen MR) is 127 cm³/mol. The molecule has 0 fully saturated rings. The molecule has 0 radical (unpaired) electrons. The van der Waals surface area contributed by atoms with Crippen molar-refractivity contribution < 1.29 is 26.3 Å². The summed E-state index contributed by atoms with van der Waals surface area (Å²) in [6, 6.07) is 11.6. The zero-order valence-electron chi connectivity index (χ0n) is 18.9. The number of aryl methyl sites for hydroxylation is 1. The lowest BCUT2D eigenvalue weighted by Crippen LogP contribution is -2.21. The number of nitrogens with zero attached hydrogens (tertiary/aromatic N) is 4. The number of hydrogen-bond acceptors (Lipinski definition) is 7. The first-order valence-electron chi connectivity index (χ1n) is 10.4. The molecule has 0 aliphatic rings. The maximum absolute atomic E-state index is 13.3. The number of nitrogen functional groups attached to an aromatic ring is 1. The van der Waals surface area contributed by atoms with E-state index in [1.165, 1.54) is 53.3 Å². The van der Waals surface area contributed by atoms with Crippen LogP contribution < -0.4 is 15.2 Å². The molecule has 0 saturated heterocycles. The minimum Gasteiger partial charge on any atom is -0.484 e. The highest BCUT2D eigenvalue weighted by atomic mass is 32.2. The molecule has 3 N–H and O–H groups in total. The van der Waals surface area contributed by atoms with E-state index in [1.807, 2.05) is 10.8 Å². The number of anilines is 2. The van der Waals surface area contributed by atoms with Gasteiger partial charge in [-0.1, -0.05) is 18.2 Å². The molecule has 0 aliphatic carbocycles. The highest BCUT2D eigenvalue weighted by molar-refractivity contribution is 7.93. The van der Waals surface area contributed by atoms with E-state index in [2.05, 4.69) is 10.1 Å². The number of nitriles is 1. The molecule has 2 aromatic heterocycles. The van der Waals surface area contributed by atoms with Gasteiger partial charge in [-0.3, -0.25) is 9.40 Å². The lowest BCUT2D eigenvalue weighted by Gasteiger charge is -2.19. The number of nitrogens with one attached hydrogen (secondary N) is 1. The molecular formula is C23H19F3N6O3S. The van der Waals surface area contributed by atoms with Crippen molar-refractivity contribution in [1.82, 2.24) is 14.8 Å². The van der Waals surface area contributed by atoms with Crippen LogP contribution in [0.1, 0.15) is 24.2 Å². The van der Waals surface area contributed by atoms with Crippen LogP contribution in [-0.4, -0.2) is 28.9 Å². The molecule has 0 spiro atoms. The Morgan fingerprint density at radius 1 is 1.19 bits per heavy atom. The molecular weight excluding hydrogens is 497 g/mol. The first-order valence-corrected chi connectivity index (χ1v) is 11.9. The van der Waals surface area contributed by atoms with E-state index in [9.17, 15) is 26.9 Å². The first-order chi connectivity index (χ1) is 17.0. The molecule has 0 bridgehead atoms. The van der Waals surface area contributed by atoms with Gasteiger partial charge in [-0.2, -0.15) is 19.1 Å². The van der Waals surface area contributed by atoms with Gasteiger partial charge in [0.15, 0.2) is 0 Å². The summed E-state index contributed by atoms with van der Waals surface area (Å²) in [6.07, 6.45) is 0.609. The summed E-state index contributed by atoms with van der Waals surface area (Å²) in [7, 11) is -3.39. The summed E-state index contributed by atoms with van der Waals surface area (Å²) >= 11 is 0. The lowest BCUT2D eigenvalue weighted by molar-refractivity contribution is 0.228. The maximum atomic E-state index is 13.3. The van der Waals surface area contributed by atoms with Gasteiger partial charge in [0, 0.05) is 18.8 Å². The Morgan fingerprint density at radius 3 is 2.53 bits per heavy atom. The quantitative estimate of drug-likeness (QED) is 0.373. The molecule has 36 heavy (non-hydrogen) atoms. The smallest absolute Gasteiger partial charge is 0.355 e. The fourth-order valence-electron chi connectivity index (χ4n) is 3.66. The van der Waals surface area contributed by atoms with Crippen LogP contribution in [0.15, 0.2) is 48.7 Å². The second kappa shape index (κ2) is 9.38. The topological polar surface area (TPSA) is 136 Å². The molecule has 0 saturated carbocycles. The van der Waals surface area contributed by atoms with Gasteiger partial charge in [-0.05, 0) is 36.8 Å². The summed E-state index contributed by atoms with van der Waals surface area (Å²) in [4.78, 5) is 4.05. The molecule has 1 atom stereocenters. The van der Waals surface area contributed by atoms with E-state index >= 15 is 0 Å². The number of ether oxygens (including phenoxy) is 1. The predicted octanol–water partition coefficient (Wildman–Crippen LogP) is 4.33. The number of alkyl halides is 2. The van der Waals surface area contributed by atoms with Gasteiger partial charge in [-0.25, -0.2) is 17.8 Å². The van der Waals surface area contributed by atoms with Crippen LogP contribution >= 0.6 is 0 Å². The lowest BCUT2D eigenvalue weighted by atomic mass is 10.1. The molecule has 2 aromatic carbocycles. The average molecular weight is 517 g/mol. The summed E-state index contributed by atoms with van der Waals surface area (Å²) in [5.74, 6) is -4.11. The molecule has 9 nitrogen and oxygen atoms in total. The Bertz CT molecular complexity index is 1600. The number of benzene rings is 2. The van der Waals surface area contributed by atoms with E-state index in [0.29, 0.717) is 27.7 Å². The molecule has 2 heterocycles. The molecule has 4 rings (SSSR count). The van der Waals surface area contributed by atoms with E-state index in [0.717, 1.165) is 0 Å². The first kappa shape index (κ1) is 24.8. The Morgan fingerprint density at radius 2 is 1.89 bits per heavy atom. The van der Waals surface area contributed by atoms with Gasteiger partial charge in [0.1, 0.15) is 35.3 Å². The largest absolute Gasteiger partial charge is 0.484 e. The Balaban J connectivity index is 1.85. The van der Waals surface area contributed by atoms with Crippen molar-refractivity contribution >= 4 is 32.4 Å². The van der Waals surface area contributed by atoms with E-state index in [4.69, 9.17) is 10.5 Å². The van der Waals surface area contributed by atoms with Crippen molar-refractivity contribution in [2.45, 2.75) is 18.8 Å². The van der Waals surface area contributed by atoms with Gasteiger partial charge >= 0.3 is 5.76 Å². The number of nitrogens with two attached hydrogens (primary N) is 1. The summed E-state index contributed by atoms with van der Waals surface area (Å²) in [6.45, 7) is 1.63. The normalized spacial score (nSPS) is 12.5. The van der Waals surface area contributed by atoms with Gasteiger partial charge in [0.25, 0.3) is 10.0 Å². The van der Waals surface area contributed by atoms with Crippen LogP contribution in [0.25, 0.3) is 22.2 Å². The van der Waals surface area contributed by atoms with Crippen LogP contribution in [0.4, 0.5) is 24.7 Å². The number of fused-ring (bicyclic) bond motifs is 1. The van der Waals surface area contributed by atoms with Gasteiger partial charge in [-0.15, -0.1) is 0 Å². The van der Waals surface area contributed by atoms with Crippen molar-refractivity contribution in [2.75, 3.05) is 10.5 Å². The van der Waals surface area contributed by atoms with Gasteiger partial charge in [0.05, 0.1) is 22.2 Å². The van der Waals surface area contributed by atoms with E-state index in [1.54, 1.807) is 14.0 Å². The minimum atomic E-state index is -5.00. The molecule has 13 heteroatoms. The highest BCUT2D eigenvalue weighted by Gasteiger charge is 2.26. The van der Waals surface area contributed by atoms with Crippen molar-refractivity contribution in [3.8, 4) is 23.1 Å². The SMILES string of the molecule is C[C@H](Oc1cc(-c2nn(C)c3c(C#N)cnc(N)c23)ccc1NS(=O)(=O)C(F)F)c1ccc(F)cc1. The summed E-state index contributed by atoms with van der Waals surface area (Å²) in [5, 5.41) is 14.3. The molecule has 0 amide bonds. The van der Waals surface area contributed by atoms with Crippen LogP contribution in [0.5, 0.6) is 5.75 Å². The zero-order valence-corrected chi connectivity index (χ0v) is 19.7. The highest BCUT2D eigenvalue weighted by Crippen LogP contribution is 2.38. The van der Waals surface area contributed by atoms with Crippen LogP contribution in [0, 0.1) is 17.1 Å². The standard InChI is InChI=1S/C23H19F3N6O3S/c1-12(13-3-6-16(24)7-4-13)35-18-9-14(5-8-17(18)31-36(33,34)23(25)26)20-19-21(32(2)30-20)15(10-27)11-29-22(19)28/h3-9,11-12,23,31H,1-2H3,(H2,28,29)/t12-/m0/s1. The number of aromatic nitrogens is 3. The Kier molecular flexibility index (Phi) is 6.47. The Labute approximate surface area is 204 Å². The average Bonchev–Trinajstić information content (AvgIpc) is 3.19. The van der Waals surface area contributed by atoms with Crippen molar-refractivity contribution in [3.63, 3.8) is 0 Å². The molecule has 0 aliphatic heterocycles. The van der Waals surface area contributed by atoms with Crippen molar-refractivity contribution in [2.24, 2.45) is 7.05 Å². The van der Waals surface area contributed by atoms with Gasteiger partial charge < -0.3 is 10.5 Å². The van der Waals surface area contributed by atoms with E-state index < -0.39 is 27.7 Å². The fourth-order valence-corrected chi connectivity index (χ4v) is 4.23. The van der Waals surface area contributed by atoms with E-state index in [-0.39, 0.29) is 22.8 Å². The third kappa shape index (κ3) is 4.63. The van der Waals surface area contributed by atoms with Crippen LogP contribution in [0.3, 0.4) is 0 Å². The number of hydrogen-bond donors (Lipinski definition) is 2. The molecule has 0 unspecified atom stereocenters. The second-order valence-electron chi connectivity index (χ2n) is 7.80. The maximum Gasteiger partial charge on any atom is 0.355 e. The van der Waals surface area contributed by atoms with Crippen LogP contribution in [0.2, 0.25) is 0 Å². The minimum absolute atomic E-state index is 0.0877. The number of sulfonamides is 1. The third-order valence-electron chi connectivity index (χ3n) is 5.40. The molecule has 186 valence electrons. The summed E-state index contributed by atoms with van der Waals surface area (Å²) < 4.78 is 72.4.